The molecule has 5 aliphatic heterocycles. The fraction of sp³-hybridized carbons (Fsp3) is 0.615. The molecule has 2 unspecified atom stereocenters. The summed E-state index contributed by atoms with van der Waals surface area (Å²) in [6.07, 6.45) is 9.85. The van der Waals surface area contributed by atoms with Gasteiger partial charge in [0.1, 0.15) is 12.4 Å². The first-order valence-corrected chi connectivity index (χ1v) is 19.3. The zero-order valence-electron chi connectivity index (χ0n) is 30.5. The number of methoxy groups -OCH3 is 2. The minimum atomic E-state index is 0.323. The minimum Gasteiger partial charge on any atom is -0.385 e. The van der Waals surface area contributed by atoms with E-state index in [-0.39, 0.29) is 0 Å². The van der Waals surface area contributed by atoms with Crippen LogP contribution in [0.4, 0.5) is 0 Å². The molecule has 51 heavy (non-hydrogen) atoms. The fourth-order valence-corrected chi connectivity index (χ4v) is 8.53. The Hall–Kier alpha value is -2.75. The summed E-state index contributed by atoms with van der Waals surface area (Å²) in [4.78, 5) is 16.4. The Bertz CT molecular complexity index is 1450. The maximum Gasteiger partial charge on any atom is 0.222 e. The number of nitrogens with zero attached hydrogens (tertiary/aromatic N) is 6. The van der Waals surface area contributed by atoms with Crippen molar-refractivity contribution in [3.63, 3.8) is 0 Å². The Morgan fingerprint density at radius 2 is 1.25 bits per heavy atom. The van der Waals surface area contributed by atoms with Gasteiger partial charge in [-0.05, 0) is 99.8 Å². The van der Waals surface area contributed by atoms with E-state index in [9.17, 15) is 0 Å². The number of ether oxygens (including phenoxy) is 2. The van der Waals surface area contributed by atoms with Crippen LogP contribution in [0.15, 0.2) is 58.5 Å². The van der Waals surface area contributed by atoms with Crippen LogP contribution in [0.2, 0.25) is 10.0 Å². The van der Waals surface area contributed by atoms with Crippen LogP contribution in [-0.4, -0.2) is 123 Å². The molecule has 4 atom stereocenters. The van der Waals surface area contributed by atoms with Crippen molar-refractivity contribution >= 4 is 35.0 Å². The number of halogens is 2. The molecule has 0 radical (unpaired) electrons. The van der Waals surface area contributed by atoms with Crippen LogP contribution < -0.4 is 11.1 Å². The lowest BCUT2D eigenvalue weighted by molar-refractivity contribution is 0.0859. The second kappa shape index (κ2) is 19.9. The molecule has 3 N–H and O–H groups in total. The monoisotopic (exact) mass is 738 g/mol. The molecular formula is C39H56Cl2N8O2. The number of hydrogen-bond donors (Lipinski definition) is 2. The predicted octanol–water partition coefficient (Wildman–Crippen LogP) is 5.42. The summed E-state index contributed by atoms with van der Waals surface area (Å²) in [5, 5.41) is 12.4. The molecule has 0 aliphatic carbocycles. The van der Waals surface area contributed by atoms with Crippen LogP contribution in [-0.2, 0) is 22.3 Å². The van der Waals surface area contributed by atoms with Crippen molar-refractivity contribution in [2.45, 2.75) is 94.7 Å². The standard InChI is InChI=1S/C20H28ClN5O.C17H25ClN2O.C2H3N/c1-27-18-11-17(10-14-2-4-15(21)5-3-14)26(13-18)16-6-8-25(9-7-16)20-23-12-19(22)24-20;1-21-17-11-16(10-13-2-4-14(18)5-3-13)20(12-17)15-6-8-19-9-7-15;1-2-3/h2-5,16-18H,6-13H2,1H3,(H2,22,23,24);2-5,15-17,19H,6-12H2,1H3;1H3/t17?,18-;16?,17-;/m00./s1. The van der Waals surface area contributed by atoms with E-state index in [1.165, 1.54) is 30.9 Å². The minimum absolute atomic E-state index is 0.323. The third-order valence-electron chi connectivity index (χ3n) is 10.9. The average Bonchev–Trinajstić information content (AvgIpc) is 3.90. The van der Waals surface area contributed by atoms with Gasteiger partial charge < -0.3 is 25.4 Å². The smallest absolute Gasteiger partial charge is 0.222 e. The van der Waals surface area contributed by atoms with E-state index in [1.807, 2.05) is 38.5 Å². The first-order chi connectivity index (χ1) is 24.8. The van der Waals surface area contributed by atoms with Gasteiger partial charge in [0, 0.05) is 81.5 Å². The van der Waals surface area contributed by atoms with Gasteiger partial charge in [-0.1, -0.05) is 47.5 Å². The van der Waals surface area contributed by atoms with Crippen LogP contribution in [0.3, 0.4) is 0 Å². The molecule has 278 valence electrons. The summed E-state index contributed by atoms with van der Waals surface area (Å²) >= 11 is 12.0. The predicted molar refractivity (Wildman–Crippen MR) is 208 cm³/mol. The SMILES string of the molecule is CC#N.CO[C@H]1CC(Cc2ccc(Cl)cc2)N(C2CCN(C3=NCC(N)=N3)CC2)C1.CO[C@H]1CC(Cc2ccc(Cl)cc2)N(C2CCNCC2)C1. The van der Waals surface area contributed by atoms with Crippen molar-refractivity contribution in [3.05, 3.63) is 69.7 Å². The molecule has 7 rings (SSSR count). The van der Waals surface area contributed by atoms with Gasteiger partial charge in [-0.25, -0.2) is 4.99 Å². The molecule has 0 bridgehead atoms. The fourth-order valence-electron chi connectivity index (χ4n) is 8.27. The molecular weight excluding hydrogens is 683 g/mol. The van der Waals surface area contributed by atoms with Crippen LogP contribution in [0.5, 0.6) is 0 Å². The lowest BCUT2D eigenvalue weighted by atomic mass is 9.99. The van der Waals surface area contributed by atoms with Crippen LogP contribution in [0.25, 0.3) is 0 Å². The van der Waals surface area contributed by atoms with E-state index in [0.29, 0.717) is 48.8 Å². The molecule has 10 nitrogen and oxygen atoms in total. The summed E-state index contributed by atoms with van der Waals surface area (Å²) < 4.78 is 11.4. The highest BCUT2D eigenvalue weighted by atomic mass is 35.5. The van der Waals surface area contributed by atoms with Gasteiger partial charge >= 0.3 is 0 Å². The molecule has 2 aromatic carbocycles. The molecule has 5 aliphatic rings. The molecule has 12 heteroatoms. The molecule has 4 saturated heterocycles. The number of piperidine rings is 2. The lowest BCUT2D eigenvalue weighted by Crippen LogP contribution is -2.48. The highest BCUT2D eigenvalue weighted by Crippen LogP contribution is 2.31. The average molecular weight is 740 g/mol. The summed E-state index contributed by atoms with van der Waals surface area (Å²) in [5.41, 5.74) is 8.48. The van der Waals surface area contributed by atoms with Crippen molar-refractivity contribution in [2.75, 3.05) is 60.0 Å². The van der Waals surface area contributed by atoms with E-state index in [0.717, 1.165) is 93.8 Å². The Morgan fingerprint density at radius 3 is 1.67 bits per heavy atom. The molecule has 0 amide bonds. The van der Waals surface area contributed by atoms with E-state index < -0.39 is 0 Å². The molecule has 0 aromatic heterocycles. The van der Waals surface area contributed by atoms with E-state index >= 15 is 0 Å². The molecule has 5 heterocycles. The van der Waals surface area contributed by atoms with Gasteiger partial charge in [-0.15, -0.1) is 0 Å². The Morgan fingerprint density at radius 1 is 0.804 bits per heavy atom. The van der Waals surface area contributed by atoms with Crippen LogP contribution in [0.1, 0.15) is 56.6 Å². The van der Waals surface area contributed by atoms with E-state index in [2.05, 4.69) is 54.3 Å². The highest BCUT2D eigenvalue weighted by Gasteiger charge is 2.39. The van der Waals surface area contributed by atoms with Crippen molar-refractivity contribution in [2.24, 2.45) is 15.7 Å². The zero-order chi connectivity index (χ0) is 36.2. The number of nitrogens with one attached hydrogen (secondary N) is 1. The Kier molecular flexibility index (Phi) is 15.4. The third kappa shape index (κ3) is 11.4. The summed E-state index contributed by atoms with van der Waals surface area (Å²) in [5.74, 6) is 1.44. The Balaban J connectivity index is 0.000000189. The second-order valence-corrected chi connectivity index (χ2v) is 15.1. The molecule has 0 spiro atoms. The largest absolute Gasteiger partial charge is 0.385 e. The first-order valence-electron chi connectivity index (χ1n) is 18.5. The number of guanidine groups is 1. The molecule has 2 aromatic rings. The van der Waals surface area contributed by atoms with Gasteiger partial charge in [-0.2, -0.15) is 10.3 Å². The topological polar surface area (TPSA) is 115 Å². The normalized spacial score (nSPS) is 26.1. The van der Waals surface area contributed by atoms with Crippen molar-refractivity contribution < 1.29 is 9.47 Å². The number of nitriles is 1. The van der Waals surface area contributed by atoms with E-state index in [1.54, 1.807) is 6.07 Å². The number of hydrogen-bond acceptors (Lipinski definition) is 10. The first kappa shape index (κ1) is 39.5. The van der Waals surface area contributed by atoms with Gasteiger partial charge in [0.25, 0.3) is 0 Å². The van der Waals surface area contributed by atoms with Crippen molar-refractivity contribution in [1.29, 1.82) is 5.26 Å². The number of likely N-dealkylation sites (tertiary alicyclic amines) is 3. The van der Waals surface area contributed by atoms with Crippen LogP contribution >= 0.6 is 23.2 Å². The van der Waals surface area contributed by atoms with Gasteiger partial charge in [-0.3, -0.25) is 9.80 Å². The Labute approximate surface area is 315 Å². The number of amidine groups is 1. The summed E-state index contributed by atoms with van der Waals surface area (Å²) in [6, 6.07) is 20.7. The second-order valence-electron chi connectivity index (χ2n) is 14.2. The zero-order valence-corrected chi connectivity index (χ0v) is 32.0. The third-order valence-corrected chi connectivity index (χ3v) is 11.4. The lowest BCUT2D eigenvalue weighted by Gasteiger charge is -2.39. The number of aliphatic imine (C=N–C) groups is 2. The maximum absolute atomic E-state index is 7.32. The molecule has 0 saturated carbocycles. The number of nitrogens with two attached hydrogens (primary N) is 1. The summed E-state index contributed by atoms with van der Waals surface area (Å²) in [7, 11) is 3.67. The van der Waals surface area contributed by atoms with Gasteiger partial charge in [0.2, 0.25) is 5.96 Å². The maximum atomic E-state index is 7.32. The van der Waals surface area contributed by atoms with Crippen molar-refractivity contribution in [3.8, 4) is 6.07 Å². The molecule has 4 fully saturated rings. The number of rotatable bonds is 8. The highest BCUT2D eigenvalue weighted by molar-refractivity contribution is 6.30. The van der Waals surface area contributed by atoms with Crippen LogP contribution in [0, 0.1) is 11.3 Å². The van der Waals surface area contributed by atoms with Gasteiger partial charge in [0.15, 0.2) is 0 Å². The van der Waals surface area contributed by atoms with Crippen molar-refractivity contribution in [1.82, 2.24) is 20.0 Å². The van der Waals surface area contributed by atoms with E-state index in [4.69, 9.17) is 43.7 Å². The summed E-state index contributed by atoms with van der Waals surface area (Å²) in [6.45, 7) is 8.34. The quantitative estimate of drug-likeness (QED) is 0.370. The van der Waals surface area contributed by atoms with Gasteiger partial charge in [0.05, 0.1) is 18.3 Å². The number of benzene rings is 2.